The molecule has 3 rings (SSSR count). The third kappa shape index (κ3) is 4.69. The smallest absolute Gasteiger partial charge is 0.269 e. The summed E-state index contributed by atoms with van der Waals surface area (Å²) in [6, 6.07) is 12.9. The Kier molecular flexibility index (Phi) is 5.96. The van der Waals surface area contributed by atoms with Gasteiger partial charge in [-0.2, -0.15) is 0 Å². The Balaban J connectivity index is 1.59. The second-order valence-electron chi connectivity index (χ2n) is 6.03. The minimum absolute atomic E-state index is 0.277. The summed E-state index contributed by atoms with van der Waals surface area (Å²) in [5, 5.41) is 4.40. The molecule has 0 fully saturated rings. The Labute approximate surface area is 166 Å². The molecular formula is C20H18ClN3O4. The standard InChI is InChI=1S/C20H18ClN3O4/c1-12-18(13(2)28-24-12)11-27-17-5-3-4-15(10-17)20(26)23-22-19(25)14-6-8-16(21)9-7-14/h3-10H,11H2,1-2H3,(H,22,25)(H,23,26). The summed E-state index contributed by atoms with van der Waals surface area (Å²) < 4.78 is 10.8. The Morgan fingerprint density at radius 3 is 2.36 bits per heavy atom. The third-order valence-electron chi connectivity index (χ3n) is 4.06. The summed E-state index contributed by atoms with van der Waals surface area (Å²) in [4.78, 5) is 24.3. The van der Waals surface area contributed by atoms with E-state index >= 15 is 0 Å². The maximum atomic E-state index is 12.3. The lowest BCUT2D eigenvalue weighted by molar-refractivity contribution is 0.0846. The Bertz CT molecular complexity index is 979. The van der Waals surface area contributed by atoms with Gasteiger partial charge in [-0.1, -0.05) is 22.8 Å². The number of carbonyl (C=O) groups excluding carboxylic acids is 2. The quantitative estimate of drug-likeness (QED) is 0.639. The van der Waals surface area contributed by atoms with Crippen molar-refractivity contribution < 1.29 is 18.8 Å². The fourth-order valence-corrected chi connectivity index (χ4v) is 2.58. The largest absolute Gasteiger partial charge is 0.489 e. The number of nitrogens with one attached hydrogen (secondary N) is 2. The molecule has 1 aromatic heterocycles. The molecule has 0 radical (unpaired) electrons. The van der Waals surface area contributed by atoms with Gasteiger partial charge in [-0.3, -0.25) is 20.4 Å². The second kappa shape index (κ2) is 8.58. The highest BCUT2D eigenvalue weighted by Crippen LogP contribution is 2.18. The van der Waals surface area contributed by atoms with Crippen molar-refractivity contribution in [2.24, 2.45) is 0 Å². The van der Waals surface area contributed by atoms with Crippen LogP contribution in [0.4, 0.5) is 0 Å². The summed E-state index contributed by atoms with van der Waals surface area (Å²) in [7, 11) is 0. The van der Waals surface area contributed by atoms with Crippen LogP contribution in [-0.2, 0) is 6.61 Å². The summed E-state index contributed by atoms with van der Waals surface area (Å²) in [5.74, 6) is 0.286. The summed E-state index contributed by atoms with van der Waals surface area (Å²) in [6.07, 6.45) is 0. The fraction of sp³-hybridized carbons (Fsp3) is 0.150. The molecular weight excluding hydrogens is 382 g/mol. The third-order valence-corrected chi connectivity index (χ3v) is 4.31. The van der Waals surface area contributed by atoms with Crippen molar-refractivity contribution in [3.63, 3.8) is 0 Å². The highest BCUT2D eigenvalue weighted by atomic mass is 35.5. The van der Waals surface area contributed by atoms with Crippen LogP contribution in [0.25, 0.3) is 0 Å². The predicted octanol–water partition coefficient (Wildman–Crippen LogP) is 3.60. The van der Waals surface area contributed by atoms with Gasteiger partial charge < -0.3 is 9.26 Å². The van der Waals surface area contributed by atoms with E-state index < -0.39 is 11.8 Å². The van der Waals surface area contributed by atoms with Crippen LogP contribution in [-0.4, -0.2) is 17.0 Å². The van der Waals surface area contributed by atoms with Crippen molar-refractivity contribution >= 4 is 23.4 Å². The van der Waals surface area contributed by atoms with Gasteiger partial charge >= 0.3 is 0 Å². The number of nitrogens with zero attached hydrogens (tertiary/aromatic N) is 1. The van der Waals surface area contributed by atoms with Gasteiger partial charge in [0.2, 0.25) is 0 Å². The first-order chi connectivity index (χ1) is 13.4. The minimum Gasteiger partial charge on any atom is -0.489 e. The number of hydrazine groups is 1. The van der Waals surface area contributed by atoms with E-state index in [1.54, 1.807) is 48.5 Å². The van der Waals surface area contributed by atoms with Crippen molar-refractivity contribution in [2.75, 3.05) is 0 Å². The molecule has 8 heteroatoms. The Morgan fingerprint density at radius 1 is 1.04 bits per heavy atom. The first-order valence-corrected chi connectivity index (χ1v) is 8.82. The number of hydrogen-bond acceptors (Lipinski definition) is 5. The number of rotatable bonds is 5. The number of halogens is 1. The number of carbonyl (C=O) groups is 2. The average molecular weight is 400 g/mol. The van der Waals surface area contributed by atoms with Gasteiger partial charge in [-0.15, -0.1) is 0 Å². The molecule has 2 amide bonds. The van der Waals surface area contributed by atoms with Crippen molar-refractivity contribution in [1.29, 1.82) is 0 Å². The van der Waals surface area contributed by atoms with Crippen molar-refractivity contribution in [2.45, 2.75) is 20.5 Å². The van der Waals surface area contributed by atoms with E-state index in [1.807, 2.05) is 13.8 Å². The highest BCUT2D eigenvalue weighted by Gasteiger charge is 2.12. The summed E-state index contributed by atoms with van der Waals surface area (Å²) in [6.45, 7) is 3.92. The number of benzene rings is 2. The number of amides is 2. The van der Waals surface area contributed by atoms with Gasteiger partial charge in [0.1, 0.15) is 18.1 Å². The van der Waals surface area contributed by atoms with Gasteiger partial charge in [-0.05, 0) is 56.3 Å². The topological polar surface area (TPSA) is 93.5 Å². The molecule has 0 saturated carbocycles. The van der Waals surface area contributed by atoms with Crippen molar-refractivity contribution in [3.8, 4) is 5.75 Å². The monoisotopic (exact) mass is 399 g/mol. The van der Waals surface area contributed by atoms with Gasteiger partial charge in [0.25, 0.3) is 11.8 Å². The fourth-order valence-electron chi connectivity index (χ4n) is 2.45. The number of ether oxygens (including phenoxy) is 1. The van der Waals surface area contributed by atoms with Crippen LogP contribution in [0.2, 0.25) is 5.02 Å². The molecule has 2 aromatic carbocycles. The summed E-state index contributed by atoms with van der Waals surface area (Å²) in [5.41, 5.74) is 7.08. The SMILES string of the molecule is Cc1noc(C)c1COc1cccc(C(=O)NNC(=O)c2ccc(Cl)cc2)c1. The molecule has 1 heterocycles. The lowest BCUT2D eigenvalue weighted by Gasteiger charge is -2.10. The van der Waals surface area contributed by atoms with Crippen LogP contribution in [0.5, 0.6) is 5.75 Å². The van der Waals surface area contributed by atoms with E-state index in [2.05, 4.69) is 16.0 Å². The van der Waals surface area contributed by atoms with Crippen LogP contribution < -0.4 is 15.6 Å². The molecule has 0 bridgehead atoms. The van der Waals surface area contributed by atoms with Crippen LogP contribution in [0, 0.1) is 13.8 Å². The summed E-state index contributed by atoms with van der Waals surface area (Å²) >= 11 is 5.79. The molecule has 0 atom stereocenters. The highest BCUT2D eigenvalue weighted by molar-refractivity contribution is 6.30. The zero-order valence-corrected chi connectivity index (χ0v) is 16.0. The lowest BCUT2D eigenvalue weighted by Crippen LogP contribution is -2.41. The normalized spacial score (nSPS) is 10.4. The Hall–Kier alpha value is -3.32. The molecule has 0 unspecified atom stereocenters. The van der Waals surface area contributed by atoms with E-state index in [9.17, 15) is 9.59 Å². The van der Waals surface area contributed by atoms with Crippen LogP contribution in [0.15, 0.2) is 53.1 Å². The van der Waals surface area contributed by atoms with Gasteiger partial charge in [0, 0.05) is 16.1 Å². The van der Waals surface area contributed by atoms with E-state index in [0.29, 0.717) is 27.7 Å². The van der Waals surface area contributed by atoms with E-state index in [-0.39, 0.29) is 6.61 Å². The van der Waals surface area contributed by atoms with Crippen molar-refractivity contribution in [1.82, 2.24) is 16.0 Å². The molecule has 0 aliphatic rings. The van der Waals surface area contributed by atoms with Gasteiger partial charge in [0.05, 0.1) is 11.3 Å². The molecule has 0 aliphatic heterocycles. The zero-order valence-electron chi connectivity index (χ0n) is 15.3. The maximum Gasteiger partial charge on any atom is 0.269 e. The van der Waals surface area contributed by atoms with Crippen LogP contribution in [0.1, 0.15) is 37.7 Å². The number of aryl methyl sites for hydroxylation is 2. The average Bonchev–Trinajstić information content (AvgIpc) is 3.02. The van der Waals surface area contributed by atoms with Crippen LogP contribution >= 0.6 is 11.6 Å². The van der Waals surface area contributed by atoms with E-state index in [1.165, 1.54) is 0 Å². The maximum absolute atomic E-state index is 12.3. The minimum atomic E-state index is -0.467. The van der Waals surface area contributed by atoms with E-state index in [4.69, 9.17) is 20.9 Å². The second-order valence-corrected chi connectivity index (χ2v) is 6.47. The molecule has 28 heavy (non-hydrogen) atoms. The molecule has 3 aromatic rings. The van der Waals surface area contributed by atoms with Gasteiger partial charge in [0.15, 0.2) is 0 Å². The van der Waals surface area contributed by atoms with Crippen LogP contribution in [0.3, 0.4) is 0 Å². The molecule has 144 valence electrons. The molecule has 0 saturated heterocycles. The molecule has 0 spiro atoms. The van der Waals surface area contributed by atoms with Gasteiger partial charge in [-0.25, -0.2) is 0 Å². The van der Waals surface area contributed by atoms with Crippen molar-refractivity contribution in [3.05, 3.63) is 81.7 Å². The lowest BCUT2D eigenvalue weighted by atomic mass is 10.2. The predicted molar refractivity (Wildman–Crippen MR) is 103 cm³/mol. The molecule has 7 nitrogen and oxygen atoms in total. The molecule has 0 aliphatic carbocycles. The first kappa shape index (κ1) is 19.4. The molecule has 2 N–H and O–H groups in total. The number of aromatic nitrogens is 1. The first-order valence-electron chi connectivity index (χ1n) is 8.45. The van der Waals surface area contributed by atoms with E-state index in [0.717, 1.165) is 11.3 Å². The Morgan fingerprint density at radius 2 is 1.71 bits per heavy atom. The zero-order chi connectivity index (χ0) is 20.1. The number of hydrogen-bond donors (Lipinski definition) is 2.